The van der Waals surface area contributed by atoms with Crippen LogP contribution in [0.5, 0.6) is 0 Å². The average Bonchev–Trinajstić information content (AvgIpc) is 3.00. The van der Waals surface area contributed by atoms with Crippen LogP contribution in [-0.4, -0.2) is 25.9 Å². The van der Waals surface area contributed by atoms with E-state index in [0.717, 1.165) is 22.6 Å². The summed E-state index contributed by atoms with van der Waals surface area (Å²) >= 11 is 1.10. The van der Waals surface area contributed by atoms with Gasteiger partial charge in [-0.1, -0.05) is 12.1 Å². The van der Waals surface area contributed by atoms with Crippen LogP contribution in [0.1, 0.15) is 24.2 Å². The highest BCUT2D eigenvalue weighted by Gasteiger charge is 2.18. The van der Waals surface area contributed by atoms with E-state index in [1.165, 1.54) is 6.07 Å². The molecule has 0 saturated heterocycles. The molecule has 2 aromatic rings. The molecular formula is C14H17N3O3S2. The van der Waals surface area contributed by atoms with Gasteiger partial charge in [-0.3, -0.25) is 9.78 Å². The molecule has 0 aliphatic carbocycles. The molecule has 0 aliphatic rings. The number of rotatable bonds is 6. The summed E-state index contributed by atoms with van der Waals surface area (Å²) in [6.07, 6.45) is 1.66. The quantitative estimate of drug-likeness (QED) is 0.837. The molecule has 0 aromatic carbocycles. The molecular weight excluding hydrogens is 322 g/mol. The Kier molecular flexibility index (Phi) is 5.28. The van der Waals surface area contributed by atoms with Crippen LogP contribution in [0.3, 0.4) is 0 Å². The van der Waals surface area contributed by atoms with Crippen molar-refractivity contribution in [2.45, 2.75) is 24.1 Å². The Hall–Kier alpha value is -1.77. The van der Waals surface area contributed by atoms with Crippen LogP contribution in [-0.2, 0) is 14.8 Å². The zero-order chi connectivity index (χ0) is 16.2. The number of hydrogen-bond donors (Lipinski definition) is 2. The van der Waals surface area contributed by atoms with Crippen LogP contribution in [0, 0.1) is 6.92 Å². The maximum Gasteiger partial charge on any atom is 0.250 e. The van der Waals surface area contributed by atoms with E-state index < -0.39 is 15.9 Å². The number of hydrogen-bond acceptors (Lipinski definition) is 5. The second kappa shape index (κ2) is 6.99. The lowest BCUT2D eigenvalue weighted by Gasteiger charge is -2.15. The topological polar surface area (TPSA) is 88.2 Å². The molecule has 0 fully saturated rings. The van der Waals surface area contributed by atoms with Crippen molar-refractivity contribution >= 4 is 27.3 Å². The van der Waals surface area contributed by atoms with Gasteiger partial charge in [-0.2, -0.15) is 0 Å². The molecule has 118 valence electrons. The SMILES string of the molecule is Cc1cccnc1[C@H](C)NC(=O)CNS(=O)(=O)c1cccs1. The van der Waals surface area contributed by atoms with E-state index in [4.69, 9.17) is 0 Å². The number of pyridine rings is 1. The predicted octanol–water partition coefficient (Wildman–Crippen LogP) is 1.61. The summed E-state index contributed by atoms with van der Waals surface area (Å²) < 4.78 is 26.3. The van der Waals surface area contributed by atoms with E-state index >= 15 is 0 Å². The molecule has 1 atom stereocenters. The van der Waals surface area contributed by atoms with Crippen LogP contribution in [0.2, 0.25) is 0 Å². The van der Waals surface area contributed by atoms with Gasteiger partial charge >= 0.3 is 0 Å². The summed E-state index contributed by atoms with van der Waals surface area (Å²) in [5.41, 5.74) is 1.73. The number of thiophene rings is 1. The minimum Gasteiger partial charge on any atom is -0.347 e. The Labute approximate surface area is 133 Å². The molecule has 1 amide bonds. The summed E-state index contributed by atoms with van der Waals surface area (Å²) in [5, 5.41) is 4.40. The highest BCUT2D eigenvalue weighted by Crippen LogP contribution is 2.15. The van der Waals surface area contributed by atoms with Crippen LogP contribution < -0.4 is 10.0 Å². The van der Waals surface area contributed by atoms with Crippen molar-refractivity contribution in [1.29, 1.82) is 0 Å². The monoisotopic (exact) mass is 339 g/mol. The molecule has 0 saturated carbocycles. The molecule has 8 heteroatoms. The fourth-order valence-electron chi connectivity index (χ4n) is 1.96. The van der Waals surface area contributed by atoms with E-state index in [1.54, 1.807) is 24.6 Å². The van der Waals surface area contributed by atoms with Gasteiger partial charge in [-0.05, 0) is 36.9 Å². The van der Waals surface area contributed by atoms with Gasteiger partial charge in [-0.25, -0.2) is 13.1 Å². The van der Waals surface area contributed by atoms with Crippen molar-refractivity contribution in [2.24, 2.45) is 0 Å². The summed E-state index contributed by atoms with van der Waals surface area (Å²) in [6, 6.07) is 6.57. The van der Waals surface area contributed by atoms with Gasteiger partial charge in [0.05, 0.1) is 18.3 Å². The van der Waals surface area contributed by atoms with E-state index in [9.17, 15) is 13.2 Å². The summed E-state index contributed by atoms with van der Waals surface area (Å²) in [4.78, 5) is 16.1. The largest absolute Gasteiger partial charge is 0.347 e. The Morgan fingerprint density at radius 3 is 2.77 bits per heavy atom. The molecule has 0 radical (unpaired) electrons. The van der Waals surface area contributed by atoms with Gasteiger partial charge in [0.1, 0.15) is 4.21 Å². The van der Waals surface area contributed by atoms with Crippen LogP contribution in [0.25, 0.3) is 0 Å². The predicted molar refractivity (Wildman–Crippen MR) is 85.0 cm³/mol. The van der Waals surface area contributed by atoms with Crippen molar-refractivity contribution in [3.63, 3.8) is 0 Å². The number of amides is 1. The van der Waals surface area contributed by atoms with Crippen molar-refractivity contribution in [2.75, 3.05) is 6.54 Å². The number of aromatic nitrogens is 1. The number of carbonyl (C=O) groups is 1. The highest BCUT2D eigenvalue weighted by atomic mass is 32.2. The van der Waals surface area contributed by atoms with E-state index in [-0.39, 0.29) is 16.8 Å². The first-order chi connectivity index (χ1) is 10.4. The Bertz CT molecular complexity index is 742. The lowest BCUT2D eigenvalue weighted by molar-refractivity contribution is -0.120. The third-order valence-corrected chi connectivity index (χ3v) is 5.82. The maximum atomic E-state index is 11.9. The van der Waals surface area contributed by atoms with Gasteiger partial charge in [0.15, 0.2) is 0 Å². The number of carbonyl (C=O) groups excluding carboxylic acids is 1. The normalized spacial score (nSPS) is 12.8. The van der Waals surface area contributed by atoms with Crippen LogP contribution in [0.4, 0.5) is 0 Å². The number of sulfonamides is 1. The smallest absolute Gasteiger partial charge is 0.250 e. The minimum atomic E-state index is -3.63. The molecule has 0 aliphatic heterocycles. The molecule has 2 heterocycles. The van der Waals surface area contributed by atoms with E-state index in [0.29, 0.717) is 0 Å². The minimum absolute atomic E-state index is 0.189. The fraction of sp³-hybridized carbons (Fsp3) is 0.286. The summed E-state index contributed by atoms with van der Waals surface area (Å²) in [6.45, 7) is 3.40. The van der Waals surface area contributed by atoms with Gasteiger partial charge in [-0.15, -0.1) is 11.3 Å². The number of nitrogens with one attached hydrogen (secondary N) is 2. The van der Waals surface area contributed by atoms with Crippen LogP contribution in [0.15, 0.2) is 40.1 Å². The van der Waals surface area contributed by atoms with Gasteiger partial charge in [0.2, 0.25) is 5.91 Å². The van der Waals surface area contributed by atoms with Crippen molar-refractivity contribution in [3.05, 3.63) is 47.1 Å². The Morgan fingerprint density at radius 1 is 1.36 bits per heavy atom. The first-order valence-electron chi connectivity index (χ1n) is 6.64. The zero-order valence-electron chi connectivity index (χ0n) is 12.2. The van der Waals surface area contributed by atoms with Crippen molar-refractivity contribution in [1.82, 2.24) is 15.0 Å². The third kappa shape index (κ3) is 4.12. The van der Waals surface area contributed by atoms with Crippen LogP contribution >= 0.6 is 11.3 Å². The number of aryl methyl sites for hydroxylation is 1. The molecule has 2 aromatic heterocycles. The van der Waals surface area contributed by atoms with Gasteiger partial charge < -0.3 is 5.32 Å². The zero-order valence-corrected chi connectivity index (χ0v) is 13.9. The molecule has 0 unspecified atom stereocenters. The average molecular weight is 339 g/mol. The van der Waals surface area contributed by atoms with E-state index in [2.05, 4.69) is 15.0 Å². The maximum absolute atomic E-state index is 11.9. The Morgan fingerprint density at radius 2 is 2.14 bits per heavy atom. The lowest BCUT2D eigenvalue weighted by atomic mass is 10.1. The summed E-state index contributed by atoms with van der Waals surface area (Å²) in [5.74, 6) is -0.405. The Balaban J connectivity index is 1.92. The second-order valence-electron chi connectivity index (χ2n) is 4.75. The molecule has 22 heavy (non-hydrogen) atoms. The van der Waals surface area contributed by atoms with Gasteiger partial charge in [0, 0.05) is 6.20 Å². The third-order valence-electron chi connectivity index (χ3n) is 3.02. The molecule has 2 N–H and O–H groups in total. The molecule has 0 bridgehead atoms. The van der Waals surface area contributed by atoms with Gasteiger partial charge in [0.25, 0.3) is 10.0 Å². The standard InChI is InChI=1S/C14H17N3O3S2/c1-10-5-3-7-15-14(10)11(2)17-12(18)9-16-22(19,20)13-6-4-8-21-13/h3-8,11,16H,9H2,1-2H3,(H,17,18)/t11-/m0/s1. The molecule has 0 spiro atoms. The molecule has 2 rings (SSSR count). The first-order valence-corrected chi connectivity index (χ1v) is 9.00. The van der Waals surface area contributed by atoms with E-state index in [1.807, 2.05) is 19.1 Å². The summed E-state index contributed by atoms with van der Waals surface area (Å²) in [7, 11) is -3.63. The second-order valence-corrected chi connectivity index (χ2v) is 7.69. The lowest BCUT2D eigenvalue weighted by Crippen LogP contribution is -2.38. The van der Waals surface area contributed by atoms with Crippen molar-refractivity contribution in [3.8, 4) is 0 Å². The molecule has 6 nitrogen and oxygen atoms in total. The highest BCUT2D eigenvalue weighted by molar-refractivity contribution is 7.91. The number of nitrogens with zero attached hydrogens (tertiary/aromatic N) is 1. The fourth-order valence-corrected chi connectivity index (χ4v) is 3.98. The van der Waals surface area contributed by atoms with Crippen molar-refractivity contribution < 1.29 is 13.2 Å². The first kappa shape index (κ1) is 16.6.